The second-order valence-corrected chi connectivity index (χ2v) is 7.80. The van der Waals surface area contributed by atoms with Crippen molar-refractivity contribution in [3.8, 4) is 17.8 Å². The Balaban J connectivity index is 2.50. The zero-order valence-electron chi connectivity index (χ0n) is 14.7. The number of halogens is 1. The zero-order valence-corrected chi connectivity index (χ0v) is 17.1. The van der Waals surface area contributed by atoms with Crippen LogP contribution in [0.4, 0.5) is 0 Å². The number of thiazole rings is 1. The van der Waals surface area contributed by atoms with Crippen LogP contribution in [0.5, 0.6) is 0 Å². The molecule has 3 aromatic rings. The van der Waals surface area contributed by atoms with Gasteiger partial charge >= 0.3 is 0 Å². The Morgan fingerprint density at radius 1 is 1.07 bits per heavy atom. The largest absolute Gasteiger partial charge is 0.273 e. The molecule has 132 valence electrons. The highest BCUT2D eigenvalue weighted by Gasteiger charge is 2.14. The predicted octanol–water partition coefficient (Wildman–Crippen LogP) is 3.31. The molecular weight excluding hydrogens is 422 g/mol. The van der Waals surface area contributed by atoms with Gasteiger partial charge in [-0.05, 0) is 42.7 Å². The molecule has 0 aliphatic rings. The van der Waals surface area contributed by atoms with Gasteiger partial charge in [0.15, 0.2) is 5.57 Å². The lowest BCUT2D eigenvalue weighted by molar-refractivity contribution is 0.962. The van der Waals surface area contributed by atoms with E-state index in [9.17, 15) is 15.3 Å². The number of benzene rings is 2. The normalized spacial score (nSPS) is 11.1. The van der Waals surface area contributed by atoms with Gasteiger partial charge in [-0.2, -0.15) is 10.5 Å². The van der Waals surface area contributed by atoms with Gasteiger partial charge < -0.3 is 0 Å². The Bertz CT molecular complexity index is 1270. The molecule has 6 heteroatoms. The van der Waals surface area contributed by atoms with E-state index in [1.165, 1.54) is 4.57 Å². The average Bonchev–Trinajstić information content (AvgIpc) is 2.95. The van der Waals surface area contributed by atoms with Gasteiger partial charge in [0, 0.05) is 4.47 Å². The molecule has 0 saturated heterocycles. The monoisotopic (exact) mass is 435 g/mol. The summed E-state index contributed by atoms with van der Waals surface area (Å²) in [7, 11) is 0. The van der Waals surface area contributed by atoms with E-state index in [-0.39, 0.29) is 11.1 Å². The number of para-hydroxylation sites is 1. The molecule has 0 fully saturated rings. The van der Waals surface area contributed by atoms with Crippen LogP contribution in [0, 0.1) is 36.5 Å². The first-order valence-corrected chi connectivity index (χ1v) is 9.68. The molecule has 0 bridgehead atoms. The van der Waals surface area contributed by atoms with E-state index in [0.717, 1.165) is 32.5 Å². The predicted molar refractivity (Wildman–Crippen MR) is 111 cm³/mol. The SMILES string of the molecule is Cc1cccc(C)c1-n1c(=C(C#N)C#N)s/c(=C\c2ccccc2Br)c1=O. The summed E-state index contributed by atoms with van der Waals surface area (Å²) in [5.74, 6) is 0. The summed E-state index contributed by atoms with van der Waals surface area (Å²) < 4.78 is 3.16. The van der Waals surface area contributed by atoms with Crippen molar-refractivity contribution in [1.82, 2.24) is 4.57 Å². The first-order chi connectivity index (χ1) is 13.0. The Morgan fingerprint density at radius 3 is 2.30 bits per heavy atom. The highest BCUT2D eigenvalue weighted by Crippen LogP contribution is 2.17. The summed E-state index contributed by atoms with van der Waals surface area (Å²) in [6, 6.07) is 17.1. The molecule has 1 heterocycles. The van der Waals surface area contributed by atoms with Gasteiger partial charge in [-0.1, -0.05) is 52.3 Å². The lowest BCUT2D eigenvalue weighted by Crippen LogP contribution is -2.31. The minimum Gasteiger partial charge on any atom is -0.267 e. The van der Waals surface area contributed by atoms with Crippen LogP contribution < -0.4 is 14.8 Å². The van der Waals surface area contributed by atoms with E-state index in [1.807, 2.05) is 68.5 Å². The fourth-order valence-electron chi connectivity index (χ4n) is 2.87. The maximum atomic E-state index is 13.2. The molecule has 0 aliphatic heterocycles. The van der Waals surface area contributed by atoms with Crippen LogP contribution in [0.2, 0.25) is 0 Å². The number of aryl methyl sites for hydroxylation is 2. The van der Waals surface area contributed by atoms with Crippen LogP contribution in [0.3, 0.4) is 0 Å². The standard InChI is InChI=1S/C21H14BrN3OS/c1-13-6-5-7-14(2)19(13)25-20(26)18(27-21(25)16(11-23)12-24)10-15-8-3-4-9-17(15)22/h3-10H,1-2H3/b18-10-. The molecule has 0 spiro atoms. The molecule has 0 aliphatic carbocycles. The Labute approximate surface area is 168 Å². The molecule has 0 unspecified atom stereocenters. The summed E-state index contributed by atoms with van der Waals surface area (Å²) in [5, 5.41) is 18.8. The molecule has 0 atom stereocenters. The minimum absolute atomic E-state index is 0.0773. The van der Waals surface area contributed by atoms with Gasteiger partial charge in [-0.15, -0.1) is 11.3 Å². The Morgan fingerprint density at radius 2 is 1.70 bits per heavy atom. The summed E-state index contributed by atoms with van der Waals surface area (Å²) in [6.07, 6.45) is 1.77. The quantitative estimate of drug-likeness (QED) is 0.619. The van der Waals surface area contributed by atoms with Crippen LogP contribution in [0.15, 0.2) is 51.7 Å². The van der Waals surface area contributed by atoms with Gasteiger partial charge in [0.25, 0.3) is 5.56 Å². The molecule has 0 N–H and O–H groups in total. The van der Waals surface area contributed by atoms with E-state index in [2.05, 4.69) is 15.9 Å². The van der Waals surface area contributed by atoms with E-state index in [4.69, 9.17) is 0 Å². The summed E-state index contributed by atoms with van der Waals surface area (Å²) in [5.41, 5.74) is 3.05. The van der Waals surface area contributed by atoms with Crippen LogP contribution in [0.1, 0.15) is 16.7 Å². The van der Waals surface area contributed by atoms with Crippen molar-refractivity contribution in [2.45, 2.75) is 13.8 Å². The molecule has 1 aromatic heterocycles. The van der Waals surface area contributed by atoms with Crippen molar-refractivity contribution in [2.75, 3.05) is 0 Å². The van der Waals surface area contributed by atoms with Crippen molar-refractivity contribution in [1.29, 1.82) is 10.5 Å². The second-order valence-electron chi connectivity index (χ2n) is 5.92. The van der Waals surface area contributed by atoms with Crippen molar-refractivity contribution >= 4 is 38.9 Å². The first kappa shape index (κ1) is 18.8. The molecule has 27 heavy (non-hydrogen) atoms. The number of aromatic nitrogens is 1. The first-order valence-electron chi connectivity index (χ1n) is 8.07. The maximum absolute atomic E-state index is 13.2. The topological polar surface area (TPSA) is 69.6 Å². The highest BCUT2D eigenvalue weighted by molar-refractivity contribution is 9.10. The van der Waals surface area contributed by atoms with Crippen LogP contribution in [-0.4, -0.2) is 4.57 Å². The van der Waals surface area contributed by atoms with E-state index < -0.39 is 0 Å². The number of hydrogen-bond donors (Lipinski definition) is 0. The summed E-state index contributed by atoms with van der Waals surface area (Å²) >= 11 is 4.63. The Kier molecular flexibility index (Phi) is 5.41. The molecule has 2 aromatic carbocycles. The lowest BCUT2D eigenvalue weighted by Gasteiger charge is -2.10. The number of hydrogen-bond acceptors (Lipinski definition) is 4. The molecule has 3 rings (SSSR count). The van der Waals surface area contributed by atoms with Gasteiger partial charge in [0.1, 0.15) is 16.8 Å². The maximum Gasteiger partial charge on any atom is 0.273 e. The highest BCUT2D eigenvalue weighted by atomic mass is 79.9. The summed E-state index contributed by atoms with van der Waals surface area (Å²) in [6.45, 7) is 3.82. The van der Waals surface area contributed by atoms with Crippen LogP contribution in [-0.2, 0) is 0 Å². The van der Waals surface area contributed by atoms with Crippen molar-refractivity contribution in [3.63, 3.8) is 0 Å². The van der Waals surface area contributed by atoms with Gasteiger partial charge in [0.05, 0.1) is 10.2 Å². The number of nitriles is 2. The van der Waals surface area contributed by atoms with Crippen LogP contribution in [0.25, 0.3) is 17.3 Å². The van der Waals surface area contributed by atoms with Crippen molar-refractivity contribution in [2.24, 2.45) is 0 Å². The molecule has 0 amide bonds. The smallest absolute Gasteiger partial charge is 0.267 e. The molecule has 4 nitrogen and oxygen atoms in total. The number of rotatable bonds is 2. The fourth-order valence-corrected chi connectivity index (χ4v) is 4.30. The van der Waals surface area contributed by atoms with Crippen LogP contribution >= 0.6 is 27.3 Å². The molecule has 0 saturated carbocycles. The second kappa shape index (κ2) is 7.75. The third kappa shape index (κ3) is 3.50. The molecule has 0 radical (unpaired) electrons. The van der Waals surface area contributed by atoms with E-state index >= 15 is 0 Å². The fraction of sp³-hybridized carbons (Fsp3) is 0.0952. The molecular formula is C21H14BrN3OS. The van der Waals surface area contributed by atoms with E-state index in [0.29, 0.717) is 14.9 Å². The Hall–Kier alpha value is -2.93. The third-order valence-corrected chi connectivity index (χ3v) is 5.93. The summed E-state index contributed by atoms with van der Waals surface area (Å²) in [4.78, 5) is 13.2. The van der Waals surface area contributed by atoms with Gasteiger partial charge in [-0.25, -0.2) is 0 Å². The van der Waals surface area contributed by atoms with E-state index in [1.54, 1.807) is 6.08 Å². The zero-order chi connectivity index (χ0) is 19.6. The van der Waals surface area contributed by atoms with Crippen molar-refractivity contribution < 1.29 is 0 Å². The average molecular weight is 436 g/mol. The lowest BCUT2D eigenvalue weighted by atomic mass is 10.1. The number of nitrogens with zero attached hydrogens (tertiary/aromatic N) is 3. The van der Waals surface area contributed by atoms with Gasteiger partial charge in [-0.3, -0.25) is 9.36 Å². The van der Waals surface area contributed by atoms with Crippen molar-refractivity contribution in [3.05, 3.63) is 83.2 Å². The minimum atomic E-state index is -0.244. The van der Waals surface area contributed by atoms with Gasteiger partial charge in [0.2, 0.25) is 0 Å². The third-order valence-electron chi connectivity index (χ3n) is 4.12.